The standard InChI is InChI=1S/C43H27Cl2NO3/c44-31-22-18-29(19-23-31)42-35(27-11-3-1-4-12-27)36(28-13-5-2-6-14-28)43(41(42)49,30-20-24-32(45)25-21-30)38-37(42)39(47)46(40(38)48)34-17-9-15-26-10-7-8-16-33(26)34/h1-25,37-38H/t37-,38-,42-,43-/m1/s1. The molecule has 1 heterocycles. The lowest BCUT2D eigenvalue weighted by Crippen LogP contribution is -2.45. The molecule has 6 aromatic carbocycles. The average molecular weight is 677 g/mol. The summed E-state index contributed by atoms with van der Waals surface area (Å²) in [6.45, 7) is 0. The number of ketones is 1. The molecule has 0 unspecified atom stereocenters. The van der Waals surface area contributed by atoms with Gasteiger partial charge in [0.1, 0.15) is 0 Å². The van der Waals surface area contributed by atoms with Crippen molar-refractivity contribution in [3.63, 3.8) is 0 Å². The Balaban J connectivity index is 1.45. The van der Waals surface area contributed by atoms with E-state index in [2.05, 4.69) is 0 Å². The second-order valence-electron chi connectivity index (χ2n) is 12.9. The van der Waals surface area contributed by atoms with Crippen LogP contribution in [0, 0.1) is 11.8 Å². The molecule has 4 nitrogen and oxygen atoms in total. The van der Waals surface area contributed by atoms with Crippen molar-refractivity contribution in [1.29, 1.82) is 0 Å². The first-order valence-corrected chi connectivity index (χ1v) is 16.9. The number of imide groups is 1. The van der Waals surface area contributed by atoms with Crippen molar-refractivity contribution in [2.75, 3.05) is 4.90 Å². The Morgan fingerprint density at radius 3 is 1.39 bits per heavy atom. The van der Waals surface area contributed by atoms with Gasteiger partial charge in [0.15, 0.2) is 5.78 Å². The van der Waals surface area contributed by atoms with Crippen LogP contribution in [0.2, 0.25) is 10.0 Å². The smallest absolute Gasteiger partial charge is 0.239 e. The van der Waals surface area contributed by atoms with Gasteiger partial charge >= 0.3 is 0 Å². The second kappa shape index (κ2) is 10.9. The highest BCUT2D eigenvalue weighted by Gasteiger charge is 2.82. The molecule has 236 valence electrons. The van der Waals surface area contributed by atoms with Crippen molar-refractivity contribution in [3.05, 3.63) is 184 Å². The fourth-order valence-corrected chi connectivity index (χ4v) is 9.25. The van der Waals surface area contributed by atoms with E-state index >= 15 is 14.4 Å². The SMILES string of the molecule is O=C1[C@H]2[C@H](C(=O)N1c1cccc3ccccc13)[C@]1(c3ccc(Cl)cc3)C(=O)[C@]2(c2ccc(Cl)cc2)C(c2ccccc2)=C1c1ccccc1. The van der Waals surface area contributed by atoms with Gasteiger partial charge in [-0.25, -0.2) is 4.90 Å². The van der Waals surface area contributed by atoms with Crippen LogP contribution in [0.5, 0.6) is 0 Å². The summed E-state index contributed by atoms with van der Waals surface area (Å²) in [5.74, 6) is -3.06. The highest BCUT2D eigenvalue weighted by Crippen LogP contribution is 2.74. The molecule has 2 fully saturated rings. The van der Waals surface area contributed by atoms with E-state index in [0.29, 0.717) is 26.9 Å². The zero-order valence-corrected chi connectivity index (χ0v) is 27.5. The van der Waals surface area contributed by atoms with Crippen LogP contribution >= 0.6 is 23.2 Å². The Kier molecular flexibility index (Phi) is 6.61. The molecule has 2 amide bonds. The van der Waals surface area contributed by atoms with Gasteiger partial charge < -0.3 is 0 Å². The van der Waals surface area contributed by atoms with E-state index in [0.717, 1.165) is 33.0 Å². The molecule has 1 saturated heterocycles. The number of anilines is 1. The Labute approximate surface area is 293 Å². The molecule has 6 aromatic rings. The highest BCUT2D eigenvalue weighted by atomic mass is 35.5. The number of fused-ring (bicyclic) bond motifs is 6. The van der Waals surface area contributed by atoms with E-state index in [-0.39, 0.29) is 5.78 Å². The molecule has 1 saturated carbocycles. The van der Waals surface area contributed by atoms with E-state index in [1.54, 1.807) is 24.3 Å². The quantitative estimate of drug-likeness (QED) is 0.171. The van der Waals surface area contributed by atoms with Gasteiger partial charge in [0.25, 0.3) is 0 Å². The predicted molar refractivity (Wildman–Crippen MR) is 194 cm³/mol. The highest BCUT2D eigenvalue weighted by molar-refractivity contribution is 6.40. The molecule has 2 aliphatic carbocycles. The summed E-state index contributed by atoms with van der Waals surface area (Å²) in [6, 6.07) is 47.3. The van der Waals surface area contributed by atoms with Crippen LogP contribution in [0.1, 0.15) is 22.3 Å². The number of benzene rings is 6. The molecule has 49 heavy (non-hydrogen) atoms. The normalized spacial score (nSPS) is 24.3. The van der Waals surface area contributed by atoms with Crippen LogP contribution in [0.15, 0.2) is 152 Å². The number of allylic oxidation sites excluding steroid dienone is 2. The molecule has 9 rings (SSSR count). The number of hydrogen-bond donors (Lipinski definition) is 0. The summed E-state index contributed by atoms with van der Waals surface area (Å²) in [6.07, 6.45) is 0. The van der Waals surface area contributed by atoms with Crippen LogP contribution < -0.4 is 4.90 Å². The average Bonchev–Trinajstić information content (AvgIpc) is 3.64. The molecular formula is C43H27Cl2NO3. The number of hydrogen-bond acceptors (Lipinski definition) is 3. The maximum Gasteiger partial charge on any atom is 0.239 e. The minimum atomic E-state index is -1.52. The lowest BCUT2D eigenvalue weighted by molar-refractivity contribution is -0.130. The third-order valence-corrected chi connectivity index (χ3v) is 11.2. The molecule has 0 aromatic heterocycles. The minimum absolute atomic E-state index is 0.198. The topological polar surface area (TPSA) is 54.5 Å². The van der Waals surface area contributed by atoms with Crippen molar-refractivity contribution in [2.24, 2.45) is 11.8 Å². The Bertz CT molecular complexity index is 2240. The summed E-state index contributed by atoms with van der Waals surface area (Å²) in [7, 11) is 0. The van der Waals surface area contributed by atoms with Gasteiger partial charge in [0, 0.05) is 15.4 Å². The molecule has 1 aliphatic heterocycles. The van der Waals surface area contributed by atoms with Crippen molar-refractivity contribution >= 4 is 68.4 Å². The monoisotopic (exact) mass is 675 g/mol. The van der Waals surface area contributed by atoms with Crippen LogP contribution in [0.25, 0.3) is 21.9 Å². The van der Waals surface area contributed by atoms with Crippen LogP contribution in [-0.4, -0.2) is 17.6 Å². The number of rotatable bonds is 5. The zero-order chi connectivity index (χ0) is 33.5. The lowest BCUT2D eigenvalue weighted by atomic mass is 9.59. The first-order valence-electron chi connectivity index (χ1n) is 16.2. The molecular weight excluding hydrogens is 649 g/mol. The number of nitrogens with zero attached hydrogens (tertiary/aromatic N) is 1. The van der Waals surface area contributed by atoms with Crippen molar-refractivity contribution in [2.45, 2.75) is 10.8 Å². The van der Waals surface area contributed by atoms with Gasteiger partial charge in [-0.05, 0) is 69.1 Å². The minimum Gasteiger partial charge on any atom is -0.297 e. The summed E-state index contributed by atoms with van der Waals surface area (Å²) < 4.78 is 0. The molecule has 4 atom stereocenters. The van der Waals surface area contributed by atoms with Gasteiger partial charge in [-0.2, -0.15) is 0 Å². The van der Waals surface area contributed by atoms with E-state index < -0.39 is 34.5 Å². The van der Waals surface area contributed by atoms with E-state index in [9.17, 15) is 0 Å². The van der Waals surface area contributed by atoms with E-state index in [1.807, 2.05) is 127 Å². The number of Topliss-reactive ketones (excluding diaryl/α,β-unsaturated/α-hetero) is 1. The molecule has 0 radical (unpaired) electrons. The summed E-state index contributed by atoms with van der Waals surface area (Å²) in [5.41, 5.74) is 1.78. The third kappa shape index (κ3) is 3.84. The molecule has 6 heteroatoms. The first-order chi connectivity index (χ1) is 23.9. The number of amides is 2. The van der Waals surface area contributed by atoms with Crippen molar-refractivity contribution < 1.29 is 14.4 Å². The van der Waals surface area contributed by atoms with E-state index in [4.69, 9.17) is 23.2 Å². The lowest BCUT2D eigenvalue weighted by Gasteiger charge is -2.39. The summed E-state index contributed by atoms with van der Waals surface area (Å²) in [5, 5.41) is 2.70. The number of carbonyl (C=O) groups excluding carboxylic acids is 3. The number of carbonyl (C=O) groups is 3. The first kappa shape index (κ1) is 29.8. The van der Waals surface area contributed by atoms with Gasteiger partial charge in [-0.3, -0.25) is 14.4 Å². The second-order valence-corrected chi connectivity index (χ2v) is 13.8. The summed E-state index contributed by atoms with van der Waals surface area (Å²) in [4.78, 5) is 48.1. The Morgan fingerprint density at radius 2 is 0.898 bits per heavy atom. The predicted octanol–water partition coefficient (Wildman–Crippen LogP) is 9.34. The molecule has 3 aliphatic rings. The van der Waals surface area contributed by atoms with Crippen molar-refractivity contribution in [1.82, 2.24) is 0 Å². The Hall–Kier alpha value is -5.29. The van der Waals surface area contributed by atoms with E-state index in [1.165, 1.54) is 4.90 Å². The molecule has 2 bridgehead atoms. The van der Waals surface area contributed by atoms with Crippen LogP contribution in [0.4, 0.5) is 5.69 Å². The fraction of sp³-hybridized carbons (Fsp3) is 0.0930. The summed E-state index contributed by atoms with van der Waals surface area (Å²) >= 11 is 12.9. The zero-order valence-electron chi connectivity index (χ0n) is 26.0. The van der Waals surface area contributed by atoms with Crippen molar-refractivity contribution in [3.8, 4) is 0 Å². The van der Waals surface area contributed by atoms with Gasteiger partial charge in [0.05, 0.1) is 28.4 Å². The molecule has 0 spiro atoms. The third-order valence-electron chi connectivity index (χ3n) is 10.7. The van der Waals surface area contributed by atoms with Crippen LogP contribution in [-0.2, 0) is 25.2 Å². The Morgan fingerprint density at radius 1 is 0.469 bits per heavy atom. The largest absolute Gasteiger partial charge is 0.297 e. The van der Waals surface area contributed by atoms with Gasteiger partial charge in [0.2, 0.25) is 11.8 Å². The molecule has 0 N–H and O–H groups in total. The maximum atomic E-state index is 16.1. The number of halogens is 2. The van der Waals surface area contributed by atoms with Crippen LogP contribution in [0.3, 0.4) is 0 Å². The van der Waals surface area contributed by atoms with Gasteiger partial charge in [-0.1, -0.05) is 145 Å². The van der Waals surface area contributed by atoms with Gasteiger partial charge in [-0.15, -0.1) is 0 Å². The maximum absolute atomic E-state index is 16.1. The fourth-order valence-electron chi connectivity index (χ4n) is 9.00.